The zero-order chi connectivity index (χ0) is 14.1. The van der Waals surface area contributed by atoms with E-state index in [4.69, 9.17) is 4.74 Å². The molecule has 0 spiro atoms. The summed E-state index contributed by atoms with van der Waals surface area (Å²) in [5.74, 6) is 0.556. The molecule has 0 bridgehead atoms. The molecule has 0 radical (unpaired) electrons. The van der Waals surface area contributed by atoms with Crippen LogP contribution in [0.1, 0.15) is 45.1 Å². The second-order valence-corrected chi connectivity index (χ2v) is 6.07. The third-order valence-electron chi connectivity index (χ3n) is 3.14. The van der Waals surface area contributed by atoms with Crippen molar-refractivity contribution in [1.82, 2.24) is 5.32 Å². The Kier molecular flexibility index (Phi) is 8.35. The minimum absolute atomic E-state index is 0.529. The van der Waals surface area contributed by atoms with Gasteiger partial charge in [0.1, 0.15) is 0 Å². The van der Waals surface area contributed by atoms with E-state index >= 15 is 0 Å². The van der Waals surface area contributed by atoms with Crippen molar-refractivity contribution in [2.75, 3.05) is 19.8 Å². The lowest BCUT2D eigenvalue weighted by Gasteiger charge is -2.20. The van der Waals surface area contributed by atoms with Gasteiger partial charge in [-0.1, -0.05) is 41.9 Å². The van der Waals surface area contributed by atoms with Crippen LogP contribution < -0.4 is 5.32 Å². The van der Waals surface area contributed by atoms with E-state index in [-0.39, 0.29) is 0 Å². The van der Waals surface area contributed by atoms with E-state index < -0.39 is 0 Å². The maximum atomic E-state index is 5.44. The van der Waals surface area contributed by atoms with Crippen molar-refractivity contribution in [1.29, 1.82) is 0 Å². The maximum Gasteiger partial charge on any atom is 0.0466 e. The molecule has 1 aromatic rings. The van der Waals surface area contributed by atoms with Gasteiger partial charge in [0.2, 0.25) is 0 Å². The topological polar surface area (TPSA) is 21.3 Å². The summed E-state index contributed by atoms with van der Waals surface area (Å²) in [4.78, 5) is 0. The molecular formula is C16H26BrNO. The van der Waals surface area contributed by atoms with Crippen molar-refractivity contribution in [3.8, 4) is 0 Å². The van der Waals surface area contributed by atoms with Crippen LogP contribution in [-0.2, 0) is 4.74 Å². The summed E-state index contributed by atoms with van der Waals surface area (Å²) in [6.07, 6.45) is 2.28. The normalized spacial score (nSPS) is 12.9. The number of nitrogens with one attached hydrogen (secondary N) is 1. The van der Waals surface area contributed by atoms with E-state index in [2.05, 4.69) is 59.4 Å². The second kappa shape index (κ2) is 9.51. The molecule has 1 aromatic carbocycles. The van der Waals surface area contributed by atoms with Crippen LogP contribution in [0.4, 0.5) is 0 Å². The highest BCUT2D eigenvalue weighted by Gasteiger charge is 2.12. The van der Waals surface area contributed by atoms with E-state index in [1.165, 1.54) is 5.56 Å². The van der Waals surface area contributed by atoms with Crippen LogP contribution in [0.2, 0.25) is 0 Å². The first-order chi connectivity index (χ1) is 9.13. The highest BCUT2D eigenvalue weighted by atomic mass is 79.9. The fourth-order valence-electron chi connectivity index (χ4n) is 2.10. The van der Waals surface area contributed by atoms with E-state index in [1.807, 2.05) is 6.92 Å². The summed E-state index contributed by atoms with van der Waals surface area (Å²) >= 11 is 3.56. The molecule has 0 aliphatic carbocycles. The molecule has 0 saturated heterocycles. The fraction of sp³-hybridized carbons (Fsp3) is 0.625. The maximum absolute atomic E-state index is 5.44. The minimum Gasteiger partial charge on any atom is -0.382 e. The molecule has 0 aliphatic heterocycles. The zero-order valence-electron chi connectivity index (χ0n) is 12.3. The van der Waals surface area contributed by atoms with Crippen LogP contribution in [0.15, 0.2) is 28.7 Å². The van der Waals surface area contributed by atoms with Gasteiger partial charge in [0, 0.05) is 30.3 Å². The molecule has 3 heteroatoms. The van der Waals surface area contributed by atoms with Crippen molar-refractivity contribution in [3.05, 3.63) is 34.3 Å². The lowest BCUT2D eigenvalue weighted by Crippen LogP contribution is -2.28. The summed E-state index contributed by atoms with van der Waals surface area (Å²) in [5, 5.41) is 3.55. The van der Waals surface area contributed by atoms with Gasteiger partial charge in [0.05, 0.1) is 0 Å². The molecule has 0 aromatic heterocycles. The standard InChI is InChI=1S/C16H26BrNO/c1-4-19-10-6-8-15(12-18-13(2)3)14-7-5-9-16(17)11-14/h5,7,9,11,13,15,18H,4,6,8,10,12H2,1-3H3. The number of halogens is 1. The van der Waals surface area contributed by atoms with Gasteiger partial charge < -0.3 is 10.1 Å². The van der Waals surface area contributed by atoms with Gasteiger partial charge in [-0.25, -0.2) is 0 Å². The van der Waals surface area contributed by atoms with Crippen molar-refractivity contribution in [3.63, 3.8) is 0 Å². The molecule has 1 N–H and O–H groups in total. The van der Waals surface area contributed by atoms with Gasteiger partial charge in [-0.2, -0.15) is 0 Å². The lowest BCUT2D eigenvalue weighted by atomic mass is 9.94. The Labute approximate surface area is 126 Å². The molecule has 2 nitrogen and oxygen atoms in total. The number of hydrogen-bond acceptors (Lipinski definition) is 2. The van der Waals surface area contributed by atoms with E-state index in [0.29, 0.717) is 12.0 Å². The highest BCUT2D eigenvalue weighted by Crippen LogP contribution is 2.24. The molecule has 0 aliphatic rings. The molecule has 0 heterocycles. The molecule has 19 heavy (non-hydrogen) atoms. The molecule has 1 atom stereocenters. The van der Waals surface area contributed by atoms with Crippen LogP contribution in [-0.4, -0.2) is 25.8 Å². The zero-order valence-corrected chi connectivity index (χ0v) is 13.9. The summed E-state index contributed by atoms with van der Waals surface area (Å²) in [6, 6.07) is 9.17. The van der Waals surface area contributed by atoms with Gasteiger partial charge in [-0.05, 0) is 43.4 Å². The number of ether oxygens (including phenoxy) is 1. The first kappa shape index (κ1) is 16.7. The Bertz CT molecular complexity index is 354. The fourth-order valence-corrected chi connectivity index (χ4v) is 2.52. The van der Waals surface area contributed by atoms with Gasteiger partial charge in [-0.15, -0.1) is 0 Å². The Morgan fingerprint density at radius 1 is 1.32 bits per heavy atom. The third-order valence-corrected chi connectivity index (χ3v) is 3.63. The summed E-state index contributed by atoms with van der Waals surface area (Å²) < 4.78 is 6.60. The van der Waals surface area contributed by atoms with Crippen molar-refractivity contribution < 1.29 is 4.74 Å². The lowest BCUT2D eigenvalue weighted by molar-refractivity contribution is 0.141. The molecule has 0 amide bonds. The molecule has 108 valence electrons. The minimum atomic E-state index is 0.529. The number of hydrogen-bond donors (Lipinski definition) is 1. The van der Waals surface area contributed by atoms with E-state index in [9.17, 15) is 0 Å². The van der Waals surface area contributed by atoms with Gasteiger partial charge in [0.25, 0.3) is 0 Å². The van der Waals surface area contributed by atoms with Crippen LogP contribution in [0.25, 0.3) is 0 Å². The Morgan fingerprint density at radius 2 is 2.11 bits per heavy atom. The number of benzene rings is 1. The molecular weight excluding hydrogens is 302 g/mol. The van der Waals surface area contributed by atoms with Crippen molar-refractivity contribution in [2.45, 2.75) is 45.6 Å². The summed E-state index contributed by atoms with van der Waals surface area (Å²) in [6.45, 7) is 9.14. The van der Waals surface area contributed by atoms with Crippen molar-refractivity contribution >= 4 is 15.9 Å². The predicted octanol–water partition coefficient (Wildman–Crippen LogP) is 4.35. The Hall–Kier alpha value is -0.380. The summed E-state index contributed by atoms with van der Waals surface area (Å²) in [7, 11) is 0. The third kappa shape index (κ3) is 7.09. The number of rotatable bonds is 9. The molecule has 0 saturated carbocycles. The van der Waals surface area contributed by atoms with Gasteiger partial charge in [-0.3, -0.25) is 0 Å². The Balaban J connectivity index is 2.57. The molecule has 1 rings (SSSR count). The van der Waals surface area contributed by atoms with Gasteiger partial charge >= 0.3 is 0 Å². The highest BCUT2D eigenvalue weighted by molar-refractivity contribution is 9.10. The average Bonchev–Trinajstić information content (AvgIpc) is 2.37. The molecule has 1 unspecified atom stereocenters. The molecule has 0 fully saturated rings. The van der Waals surface area contributed by atoms with Crippen LogP contribution in [0, 0.1) is 0 Å². The van der Waals surface area contributed by atoms with Crippen LogP contribution in [0.3, 0.4) is 0 Å². The largest absolute Gasteiger partial charge is 0.382 e. The smallest absolute Gasteiger partial charge is 0.0466 e. The van der Waals surface area contributed by atoms with Crippen LogP contribution in [0.5, 0.6) is 0 Å². The second-order valence-electron chi connectivity index (χ2n) is 5.15. The summed E-state index contributed by atoms with van der Waals surface area (Å²) in [5.41, 5.74) is 1.40. The first-order valence-corrected chi connectivity index (χ1v) is 7.99. The van der Waals surface area contributed by atoms with E-state index in [1.54, 1.807) is 0 Å². The monoisotopic (exact) mass is 327 g/mol. The first-order valence-electron chi connectivity index (χ1n) is 7.20. The SMILES string of the molecule is CCOCCCC(CNC(C)C)c1cccc(Br)c1. The Morgan fingerprint density at radius 3 is 2.74 bits per heavy atom. The average molecular weight is 328 g/mol. The van der Waals surface area contributed by atoms with Crippen molar-refractivity contribution in [2.24, 2.45) is 0 Å². The van der Waals surface area contributed by atoms with Gasteiger partial charge in [0.15, 0.2) is 0 Å². The predicted molar refractivity (Wildman–Crippen MR) is 85.7 cm³/mol. The van der Waals surface area contributed by atoms with E-state index in [0.717, 1.165) is 37.1 Å². The van der Waals surface area contributed by atoms with Crippen LogP contribution >= 0.6 is 15.9 Å². The quantitative estimate of drug-likeness (QED) is 0.681.